The molecule has 1 aromatic carbocycles. The number of thiophene rings is 1. The van der Waals surface area contributed by atoms with Crippen LogP contribution in [0.15, 0.2) is 45.9 Å². The van der Waals surface area contributed by atoms with E-state index >= 15 is 0 Å². The molecule has 0 fully saturated rings. The Kier molecular flexibility index (Phi) is 5.58. The van der Waals surface area contributed by atoms with Crippen molar-refractivity contribution in [2.24, 2.45) is 5.41 Å². The molecule has 2 heterocycles. The van der Waals surface area contributed by atoms with E-state index in [2.05, 4.69) is 0 Å². The van der Waals surface area contributed by atoms with Gasteiger partial charge in [-0.1, -0.05) is 32.9 Å². The van der Waals surface area contributed by atoms with Gasteiger partial charge in [0.15, 0.2) is 5.78 Å². The zero-order valence-electron chi connectivity index (χ0n) is 15.4. The molecule has 6 heteroatoms. The van der Waals surface area contributed by atoms with E-state index in [0.717, 1.165) is 11.1 Å². The minimum Gasteiger partial charge on any atom is -0.294 e. The van der Waals surface area contributed by atoms with E-state index in [-0.39, 0.29) is 23.7 Å². The molecule has 0 aliphatic rings. The normalized spacial score (nSPS) is 13.3. The first-order valence-corrected chi connectivity index (χ1v) is 10.2. The Morgan fingerprint density at radius 3 is 2.48 bits per heavy atom. The topological polar surface area (TPSA) is 39.1 Å². The van der Waals surface area contributed by atoms with Gasteiger partial charge < -0.3 is 0 Å². The number of Topliss-reactive ketones (excluding diaryl/α,β-unsaturated/α-hetero) is 1. The predicted octanol–water partition coefficient (Wildman–Crippen LogP) is 3.38. The van der Waals surface area contributed by atoms with E-state index in [1.165, 1.54) is 23.5 Å². The molecular formula is C21H20FNO2S2. The van der Waals surface area contributed by atoms with E-state index in [0.29, 0.717) is 9.20 Å². The summed E-state index contributed by atoms with van der Waals surface area (Å²) in [6, 6.07) is 7.98. The van der Waals surface area contributed by atoms with Gasteiger partial charge in [-0.3, -0.25) is 14.2 Å². The molecule has 3 rings (SSSR count). The van der Waals surface area contributed by atoms with Crippen LogP contribution in [-0.4, -0.2) is 10.4 Å². The second kappa shape index (κ2) is 7.74. The fraction of sp³-hybridized carbons (Fsp3) is 0.238. The van der Waals surface area contributed by atoms with Crippen molar-refractivity contribution in [2.75, 3.05) is 0 Å². The van der Waals surface area contributed by atoms with Gasteiger partial charge >= 0.3 is 0 Å². The van der Waals surface area contributed by atoms with Crippen LogP contribution in [0, 0.1) is 11.2 Å². The Morgan fingerprint density at radius 2 is 1.89 bits per heavy atom. The maximum atomic E-state index is 13.2. The quantitative estimate of drug-likeness (QED) is 0.672. The molecule has 0 saturated heterocycles. The zero-order chi connectivity index (χ0) is 19.6. The molecule has 0 N–H and O–H groups in total. The number of thiazole rings is 1. The van der Waals surface area contributed by atoms with E-state index < -0.39 is 5.41 Å². The number of nitrogens with zero attached hydrogens (tertiary/aromatic N) is 1. The van der Waals surface area contributed by atoms with Gasteiger partial charge in [0, 0.05) is 11.5 Å². The fourth-order valence-electron chi connectivity index (χ4n) is 2.40. The highest BCUT2D eigenvalue weighted by Crippen LogP contribution is 2.15. The summed E-state index contributed by atoms with van der Waals surface area (Å²) in [6.07, 6.45) is 3.38. The van der Waals surface area contributed by atoms with Crippen LogP contribution in [0.25, 0.3) is 12.2 Å². The highest BCUT2D eigenvalue weighted by atomic mass is 32.1. The smallest absolute Gasteiger partial charge is 0.269 e. The number of aromatic nitrogens is 1. The molecule has 0 aliphatic carbocycles. The molecule has 0 aliphatic heterocycles. The van der Waals surface area contributed by atoms with Gasteiger partial charge in [-0.15, -0.1) is 11.3 Å². The molecule has 27 heavy (non-hydrogen) atoms. The maximum Gasteiger partial charge on any atom is 0.269 e. The van der Waals surface area contributed by atoms with Crippen LogP contribution >= 0.6 is 22.7 Å². The Hall–Kier alpha value is -2.31. The second-order valence-corrected chi connectivity index (χ2v) is 9.12. The molecule has 0 radical (unpaired) electrons. The molecule has 0 unspecified atom stereocenters. The average Bonchev–Trinajstić information content (AvgIpc) is 3.20. The number of carbonyl (C=O) groups is 1. The number of hydrogen-bond donors (Lipinski definition) is 0. The Morgan fingerprint density at radius 1 is 1.19 bits per heavy atom. The van der Waals surface area contributed by atoms with Crippen molar-refractivity contribution in [3.8, 4) is 0 Å². The summed E-state index contributed by atoms with van der Waals surface area (Å²) in [4.78, 5) is 25.5. The van der Waals surface area contributed by atoms with Gasteiger partial charge in [-0.25, -0.2) is 4.39 Å². The van der Waals surface area contributed by atoms with Crippen LogP contribution in [0.1, 0.15) is 31.9 Å². The van der Waals surface area contributed by atoms with Crippen molar-refractivity contribution in [2.45, 2.75) is 27.3 Å². The third kappa shape index (κ3) is 4.70. The number of carbonyl (C=O) groups excluding carboxylic acids is 1. The van der Waals surface area contributed by atoms with E-state index in [4.69, 9.17) is 0 Å². The minimum absolute atomic E-state index is 0.0429. The molecular weight excluding hydrogens is 381 g/mol. The molecule has 0 spiro atoms. The first-order valence-electron chi connectivity index (χ1n) is 8.48. The standard InChI is InChI=1S/C21H20FNO2S2/c1-21(2,3)18(24)11-19-23(12-14-4-6-16(22)7-5-14)20(25)17(27-19)10-15-8-9-26-13-15/h4-11,13H,12H2,1-3H3/b17-10-,19-11-. The summed E-state index contributed by atoms with van der Waals surface area (Å²) in [5, 5.41) is 3.92. The van der Waals surface area contributed by atoms with Gasteiger partial charge in [0.05, 0.1) is 11.1 Å². The van der Waals surface area contributed by atoms with Gasteiger partial charge in [0.1, 0.15) is 10.5 Å². The summed E-state index contributed by atoms with van der Waals surface area (Å²) in [7, 11) is 0. The summed E-state index contributed by atoms with van der Waals surface area (Å²) in [5.74, 6) is -0.365. The SMILES string of the molecule is CC(C)(C)C(=O)/C=c1\s/c(=C\c2ccsc2)c(=O)n1Cc1ccc(F)cc1. The maximum absolute atomic E-state index is 13.2. The fourth-order valence-corrected chi connectivity index (χ4v) is 4.06. The number of benzene rings is 1. The van der Waals surface area contributed by atoms with Gasteiger partial charge in [-0.05, 0) is 46.2 Å². The third-order valence-electron chi connectivity index (χ3n) is 4.03. The van der Waals surface area contributed by atoms with Crippen molar-refractivity contribution in [3.63, 3.8) is 0 Å². The minimum atomic E-state index is -0.530. The molecule has 0 amide bonds. The van der Waals surface area contributed by atoms with E-state index in [9.17, 15) is 14.0 Å². The molecule has 2 aromatic heterocycles. The van der Waals surface area contributed by atoms with Crippen molar-refractivity contribution < 1.29 is 9.18 Å². The molecule has 3 nitrogen and oxygen atoms in total. The second-order valence-electron chi connectivity index (χ2n) is 7.28. The van der Waals surface area contributed by atoms with E-state index in [1.807, 2.05) is 43.7 Å². The van der Waals surface area contributed by atoms with Crippen molar-refractivity contribution in [1.29, 1.82) is 0 Å². The van der Waals surface area contributed by atoms with Crippen LogP contribution in [0.3, 0.4) is 0 Å². The summed E-state index contributed by atoms with van der Waals surface area (Å²) in [6.45, 7) is 5.83. The monoisotopic (exact) mass is 401 g/mol. The Bertz CT molecular complexity index is 1120. The van der Waals surface area contributed by atoms with Crippen molar-refractivity contribution in [1.82, 2.24) is 4.57 Å². The lowest BCUT2D eigenvalue weighted by Gasteiger charge is -2.13. The summed E-state index contributed by atoms with van der Waals surface area (Å²) < 4.78 is 15.9. The van der Waals surface area contributed by atoms with Crippen LogP contribution < -0.4 is 14.8 Å². The third-order valence-corrected chi connectivity index (χ3v) is 5.79. The highest BCUT2D eigenvalue weighted by Gasteiger charge is 2.19. The number of halogens is 1. The lowest BCUT2D eigenvalue weighted by molar-refractivity contribution is -0.120. The highest BCUT2D eigenvalue weighted by molar-refractivity contribution is 7.08. The van der Waals surface area contributed by atoms with E-state index in [1.54, 1.807) is 34.1 Å². The van der Waals surface area contributed by atoms with Crippen LogP contribution in [0.2, 0.25) is 0 Å². The molecule has 3 aromatic rings. The van der Waals surface area contributed by atoms with Gasteiger partial charge in [0.2, 0.25) is 0 Å². The van der Waals surface area contributed by atoms with Crippen LogP contribution in [0.5, 0.6) is 0 Å². The average molecular weight is 402 g/mol. The number of ketones is 1. The summed E-state index contributed by atoms with van der Waals surface area (Å²) >= 11 is 2.86. The molecule has 140 valence electrons. The first-order chi connectivity index (χ1) is 12.7. The van der Waals surface area contributed by atoms with Crippen LogP contribution in [0.4, 0.5) is 4.39 Å². The van der Waals surface area contributed by atoms with Crippen LogP contribution in [-0.2, 0) is 11.3 Å². The lowest BCUT2D eigenvalue weighted by Crippen LogP contribution is -2.32. The Labute approximate surface area is 164 Å². The molecule has 0 bridgehead atoms. The first kappa shape index (κ1) is 19.5. The van der Waals surface area contributed by atoms with Gasteiger partial charge in [0.25, 0.3) is 5.56 Å². The van der Waals surface area contributed by atoms with Crippen molar-refractivity contribution >= 4 is 40.6 Å². The largest absolute Gasteiger partial charge is 0.294 e. The molecule has 0 saturated carbocycles. The lowest BCUT2D eigenvalue weighted by atomic mass is 9.91. The zero-order valence-corrected chi connectivity index (χ0v) is 17.0. The molecule has 0 atom stereocenters. The Balaban J connectivity index is 2.15. The predicted molar refractivity (Wildman–Crippen MR) is 110 cm³/mol. The number of hydrogen-bond acceptors (Lipinski definition) is 4. The summed E-state index contributed by atoms with van der Waals surface area (Å²) in [5.41, 5.74) is 1.08. The van der Waals surface area contributed by atoms with Crippen molar-refractivity contribution in [3.05, 3.63) is 77.6 Å². The number of rotatable bonds is 4. The van der Waals surface area contributed by atoms with Gasteiger partial charge in [-0.2, -0.15) is 11.3 Å².